The predicted octanol–water partition coefficient (Wildman–Crippen LogP) is 4.37. The van der Waals surface area contributed by atoms with E-state index < -0.39 is 0 Å². The number of thiophene rings is 1. The summed E-state index contributed by atoms with van der Waals surface area (Å²) in [5.74, 6) is 0. The smallest absolute Gasteiger partial charge is 0.0345 e. The maximum absolute atomic E-state index is 3.77. The van der Waals surface area contributed by atoms with E-state index in [-0.39, 0.29) is 0 Å². The van der Waals surface area contributed by atoms with Crippen molar-refractivity contribution < 1.29 is 0 Å². The second-order valence-electron chi connectivity index (χ2n) is 3.24. The predicted molar refractivity (Wildman–Crippen MR) is 64.6 cm³/mol. The van der Waals surface area contributed by atoms with Gasteiger partial charge in [-0.1, -0.05) is 30.9 Å². The van der Waals surface area contributed by atoms with Crippen molar-refractivity contribution in [1.29, 1.82) is 0 Å². The third-order valence-corrected chi connectivity index (χ3v) is 3.20. The molecule has 0 saturated heterocycles. The van der Waals surface area contributed by atoms with E-state index in [0.717, 1.165) is 0 Å². The Balaban J connectivity index is 2.46. The van der Waals surface area contributed by atoms with Gasteiger partial charge in [-0.3, -0.25) is 0 Å². The van der Waals surface area contributed by atoms with Crippen molar-refractivity contribution in [3.05, 3.63) is 53.4 Å². The Bertz CT molecular complexity index is 452. The van der Waals surface area contributed by atoms with Gasteiger partial charge in [-0.05, 0) is 36.2 Å². The van der Waals surface area contributed by atoms with Crippen molar-refractivity contribution in [3.8, 4) is 10.4 Å². The molecule has 0 amide bonds. The van der Waals surface area contributed by atoms with Crippen LogP contribution in [0, 0.1) is 6.92 Å². The molecule has 1 heteroatoms. The Morgan fingerprint density at radius 3 is 2.71 bits per heavy atom. The Morgan fingerprint density at radius 1 is 1.21 bits per heavy atom. The van der Waals surface area contributed by atoms with Gasteiger partial charge >= 0.3 is 0 Å². The molecule has 0 bridgehead atoms. The molecule has 0 aliphatic carbocycles. The van der Waals surface area contributed by atoms with Gasteiger partial charge < -0.3 is 0 Å². The van der Waals surface area contributed by atoms with Crippen molar-refractivity contribution in [2.45, 2.75) is 6.92 Å². The summed E-state index contributed by atoms with van der Waals surface area (Å²) >= 11 is 1.83. The molecule has 0 spiro atoms. The molecular formula is C13H12S. The molecule has 0 aliphatic heterocycles. The zero-order valence-corrected chi connectivity index (χ0v) is 8.97. The number of rotatable bonds is 2. The Hall–Kier alpha value is -1.34. The lowest BCUT2D eigenvalue weighted by Crippen LogP contribution is -1.74. The van der Waals surface area contributed by atoms with Gasteiger partial charge in [0.2, 0.25) is 0 Å². The SMILES string of the molecule is C=Cc1cccc(-c2ccc(C)s2)c1. The molecule has 1 heterocycles. The van der Waals surface area contributed by atoms with Crippen LogP contribution in [0.1, 0.15) is 10.4 Å². The first-order chi connectivity index (χ1) is 6.79. The van der Waals surface area contributed by atoms with Crippen LogP contribution in [0.15, 0.2) is 43.0 Å². The Labute approximate surface area is 88.5 Å². The average molecular weight is 200 g/mol. The first-order valence-corrected chi connectivity index (χ1v) is 5.40. The summed E-state index contributed by atoms with van der Waals surface area (Å²) in [6.07, 6.45) is 1.88. The molecule has 70 valence electrons. The first-order valence-electron chi connectivity index (χ1n) is 4.59. The monoisotopic (exact) mass is 200 g/mol. The minimum atomic E-state index is 1.17. The normalized spacial score (nSPS) is 10.1. The molecule has 2 aromatic rings. The molecule has 0 fully saturated rings. The van der Waals surface area contributed by atoms with Crippen LogP contribution in [0.4, 0.5) is 0 Å². The fourth-order valence-electron chi connectivity index (χ4n) is 1.41. The standard InChI is InChI=1S/C13H12S/c1-3-11-5-4-6-12(9-11)13-8-7-10(2)14-13/h3-9H,1H2,2H3. The fourth-order valence-corrected chi connectivity index (χ4v) is 2.27. The summed E-state index contributed by atoms with van der Waals surface area (Å²) in [5.41, 5.74) is 2.45. The van der Waals surface area contributed by atoms with Crippen LogP contribution in [0.5, 0.6) is 0 Å². The highest BCUT2D eigenvalue weighted by molar-refractivity contribution is 7.15. The third kappa shape index (κ3) is 1.78. The molecule has 0 nitrogen and oxygen atoms in total. The van der Waals surface area contributed by atoms with Gasteiger partial charge in [0.05, 0.1) is 0 Å². The van der Waals surface area contributed by atoms with Crippen molar-refractivity contribution >= 4 is 17.4 Å². The summed E-state index contributed by atoms with van der Waals surface area (Å²) in [5, 5.41) is 0. The molecule has 1 aromatic heterocycles. The minimum Gasteiger partial charge on any atom is -0.141 e. The van der Waals surface area contributed by atoms with E-state index in [4.69, 9.17) is 0 Å². The second-order valence-corrected chi connectivity index (χ2v) is 4.53. The van der Waals surface area contributed by atoms with Crippen molar-refractivity contribution in [2.75, 3.05) is 0 Å². The molecule has 0 radical (unpaired) electrons. The van der Waals surface area contributed by atoms with Crippen LogP contribution in [-0.4, -0.2) is 0 Å². The van der Waals surface area contributed by atoms with E-state index in [2.05, 4.69) is 49.9 Å². The zero-order chi connectivity index (χ0) is 9.97. The zero-order valence-electron chi connectivity index (χ0n) is 8.16. The van der Waals surface area contributed by atoms with Gasteiger partial charge in [-0.15, -0.1) is 11.3 Å². The van der Waals surface area contributed by atoms with Crippen molar-refractivity contribution in [3.63, 3.8) is 0 Å². The molecule has 1 aromatic carbocycles. The van der Waals surface area contributed by atoms with E-state index in [1.807, 2.05) is 17.4 Å². The lowest BCUT2D eigenvalue weighted by Gasteiger charge is -1.98. The summed E-state index contributed by atoms with van der Waals surface area (Å²) in [4.78, 5) is 2.68. The van der Waals surface area contributed by atoms with Gasteiger partial charge in [0.1, 0.15) is 0 Å². The molecule has 0 aliphatic rings. The molecule has 0 saturated carbocycles. The van der Waals surface area contributed by atoms with E-state index in [1.165, 1.54) is 20.9 Å². The molecule has 0 unspecified atom stereocenters. The number of aryl methyl sites for hydroxylation is 1. The lowest BCUT2D eigenvalue weighted by molar-refractivity contribution is 1.63. The summed E-state index contributed by atoms with van der Waals surface area (Å²) in [7, 11) is 0. The van der Waals surface area contributed by atoms with Gasteiger partial charge in [0.25, 0.3) is 0 Å². The van der Waals surface area contributed by atoms with Gasteiger partial charge in [-0.2, -0.15) is 0 Å². The quantitative estimate of drug-likeness (QED) is 0.675. The highest BCUT2D eigenvalue weighted by atomic mass is 32.1. The Morgan fingerprint density at radius 2 is 2.07 bits per heavy atom. The largest absolute Gasteiger partial charge is 0.141 e. The van der Waals surface area contributed by atoms with Crippen LogP contribution in [0.3, 0.4) is 0 Å². The first kappa shape index (κ1) is 9.22. The van der Waals surface area contributed by atoms with Crippen LogP contribution < -0.4 is 0 Å². The topological polar surface area (TPSA) is 0 Å². The lowest BCUT2D eigenvalue weighted by atomic mass is 10.1. The van der Waals surface area contributed by atoms with Crippen LogP contribution in [0.25, 0.3) is 16.5 Å². The highest BCUT2D eigenvalue weighted by Gasteiger charge is 1.99. The molecule has 0 atom stereocenters. The molecule has 0 N–H and O–H groups in total. The third-order valence-electron chi connectivity index (χ3n) is 2.15. The summed E-state index contributed by atoms with van der Waals surface area (Å²) < 4.78 is 0. The van der Waals surface area contributed by atoms with E-state index in [9.17, 15) is 0 Å². The molecular weight excluding hydrogens is 188 g/mol. The van der Waals surface area contributed by atoms with E-state index in [0.29, 0.717) is 0 Å². The minimum absolute atomic E-state index is 1.17. The summed E-state index contributed by atoms with van der Waals surface area (Å²) in [6, 6.07) is 12.8. The second kappa shape index (κ2) is 3.81. The van der Waals surface area contributed by atoms with Crippen molar-refractivity contribution in [2.24, 2.45) is 0 Å². The maximum atomic E-state index is 3.77. The Kier molecular flexibility index (Phi) is 2.51. The van der Waals surface area contributed by atoms with Gasteiger partial charge in [0.15, 0.2) is 0 Å². The van der Waals surface area contributed by atoms with Gasteiger partial charge in [-0.25, -0.2) is 0 Å². The fraction of sp³-hybridized carbons (Fsp3) is 0.0769. The van der Waals surface area contributed by atoms with Crippen LogP contribution >= 0.6 is 11.3 Å². The maximum Gasteiger partial charge on any atom is 0.0345 e. The number of hydrogen-bond acceptors (Lipinski definition) is 1. The average Bonchev–Trinajstić information content (AvgIpc) is 2.65. The molecule has 2 rings (SSSR count). The van der Waals surface area contributed by atoms with Gasteiger partial charge in [0, 0.05) is 9.75 Å². The number of hydrogen-bond donors (Lipinski definition) is 0. The van der Waals surface area contributed by atoms with Crippen LogP contribution in [-0.2, 0) is 0 Å². The van der Waals surface area contributed by atoms with Crippen LogP contribution in [0.2, 0.25) is 0 Å². The summed E-state index contributed by atoms with van der Waals surface area (Å²) in [6.45, 7) is 5.90. The van der Waals surface area contributed by atoms with Crippen molar-refractivity contribution in [1.82, 2.24) is 0 Å². The van der Waals surface area contributed by atoms with E-state index in [1.54, 1.807) is 0 Å². The number of benzene rings is 1. The highest BCUT2D eigenvalue weighted by Crippen LogP contribution is 2.28. The van der Waals surface area contributed by atoms with E-state index >= 15 is 0 Å². The molecule has 14 heavy (non-hydrogen) atoms.